The second-order valence-corrected chi connectivity index (χ2v) is 5.07. The maximum absolute atomic E-state index is 12.5. The third-order valence-electron chi connectivity index (χ3n) is 3.67. The van der Waals surface area contributed by atoms with Crippen LogP contribution in [0.25, 0.3) is 6.08 Å². The lowest BCUT2D eigenvalue weighted by molar-refractivity contribution is -0.128. The number of aromatic nitrogens is 1. The van der Waals surface area contributed by atoms with Crippen molar-refractivity contribution in [2.45, 2.75) is 6.04 Å². The molecule has 0 aliphatic carbocycles. The standard InChI is InChI=1S/C17H14N2O4/c1-19-15(11-6-8-18-9-7-11)14(16(21)17(19)22)13(20)5-4-12-3-2-10-23-12/h2-10,15,21H,1H3/b5-4+. The average Bonchev–Trinajstić information content (AvgIpc) is 3.16. The summed E-state index contributed by atoms with van der Waals surface area (Å²) in [7, 11) is 1.54. The molecule has 116 valence electrons. The molecule has 3 rings (SSSR count). The molecule has 2 aromatic heterocycles. The van der Waals surface area contributed by atoms with Crippen molar-refractivity contribution in [1.29, 1.82) is 0 Å². The Kier molecular flexibility index (Phi) is 3.80. The van der Waals surface area contributed by atoms with Crippen molar-refractivity contribution in [3.05, 3.63) is 71.7 Å². The fourth-order valence-corrected chi connectivity index (χ4v) is 2.54. The maximum atomic E-state index is 12.5. The van der Waals surface area contributed by atoms with Gasteiger partial charge >= 0.3 is 0 Å². The summed E-state index contributed by atoms with van der Waals surface area (Å²) in [4.78, 5) is 29.8. The number of allylic oxidation sites excluding steroid dienone is 1. The van der Waals surface area contributed by atoms with Crippen LogP contribution in [0.2, 0.25) is 0 Å². The topological polar surface area (TPSA) is 83.6 Å². The number of likely N-dealkylation sites (N-methyl/N-ethyl adjacent to an activating group) is 1. The lowest BCUT2D eigenvalue weighted by Gasteiger charge is -2.21. The second-order valence-electron chi connectivity index (χ2n) is 5.07. The van der Waals surface area contributed by atoms with E-state index in [9.17, 15) is 14.7 Å². The first-order valence-electron chi connectivity index (χ1n) is 6.95. The van der Waals surface area contributed by atoms with E-state index in [1.165, 1.54) is 23.3 Å². The molecule has 0 aromatic carbocycles. The normalized spacial score (nSPS) is 18.2. The highest BCUT2D eigenvalue weighted by atomic mass is 16.3. The first-order valence-corrected chi connectivity index (χ1v) is 6.95. The Morgan fingerprint density at radius 2 is 2.09 bits per heavy atom. The molecule has 0 spiro atoms. The van der Waals surface area contributed by atoms with E-state index in [0.29, 0.717) is 11.3 Å². The summed E-state index contributed by atoms with van der Waals surface area (Å²) in [6, 6.07) is 6.17. The number of rotatable bonds is 4. The van der Waals surface area contributed by atoms with Gasteiger partial charge in [-0.25, -0.2) is 0 Å². The number of carbonyl (C=O) groups excluding carboxylic acids is 2. The summed E-state index contributed by atoms with van der Waals surface area (Å²) >= 11 is 0. The molecule has 0 saturated heterocycles. The van der Waals surface area contributed by atoms with Crippen LogP contribution >= 0.6 is 0 Å². The molecule has 1 N–H and O–H groups in total. The summed E-state index contributed by atoms with van der Waals surface area (Å²) in [5, 5.41) is 10.1. The van der Waals surface area contributed by atoms with Gasteiger partial charge in [0, 0.05) is 19.4 Å². The van der Waals surface area contributed by atoms with Crippen molar-refractivity contribution in [2.75, 3.05) is 7.05 Å². The number of hydrogen-bond acceptors (Lipinski definition) is 5. The monoisotopic (exact) mass is 310 g/mol. The average molecular weight is 310 g/mol. The predicted octanol–water partition coefficient (Wildman–Crippen LogP) is 2.28. The number of aliphatic hydroxyl groups excluding tert-OH is 1. The SMILES string of the molecule is CN1C(=O)C(O)=C(C(=O)/C=C/c2ccco2)C1c1ccncc1. The van der Waals surface area contributed by atoms with Crippen LogP contribution in [-0.4, -0.2) is 33.7 Å². The second kappa shape index (κ2) is 5.92. The molecule has 1 atom stereocenters. The Morgan fingerprint density at radius 3 is 2.74 bits per heavy atom. The van der Waals surface area contributed by atoms with Gasteiger partial charge in [0.2, 0.25) is 0 Å². The minimum absolute atomic E-state index is 0.0477. The molecular formula is C17H14N2O4. The van der Waals surface area contributed by atoms with E-state index in [1.54, 1.807) is 43.7 Å². The number of nitrogens with zero attached hydrogens (tertiary/aromatic N) is 2. The van der Waals surface area contributed by atoms with E-state index in [0.717, 1.165) is 0 Å². The fraction of sp³-hybridized carbons (Fsp3) is 0.118. The number of hydrogen-bond donors (Lipinski definition) is 1. The first kappa shape index (κ1) is 14.8. The molecule has 1 unspecified atom stereocenters. The Balaban J connectivity index is 1.96. The summed E-state index contributed by atoms with van der Waals surface area (Å²) in [5.74, 6) is -1.04. The zero-order valence-corrected chi connectivity index (χ0v) is 12.3. The molecule has 0 radical (unpaired) electrons. The Hall–Kier alpha value is -3.15. The van der Waals surface area contributed by atoms with Crippen molar-refractivity contribution in [3.8, 4) is 0 Å². The highest BCUT2D eigenvalue weighted by Crippen LogP contribution is 2.36. The van der Waals surface area contributed by atoms with Gasteiger partial charge in [0.25, 0.3) is 5.91 Å². The summed E-state index contributed by atoms with van der Waals surface area (Å²) in [5.41, 5.74) is 0.751. The van der Waals surface area contributed by atoms with Crippen LogP contribution in [0.15, 0.2) is 64.7 Å². The van der Waals surface area contributed by atoms with Gasteiger partial charge in [-0.2, -0.15) is 0 Å². The number of ketones is 1. The van der Waals surface area contributed by atoms with Crippen molar-refractivity contribution in [2.24, 2.45) is 0 Å². The molecule has 6 heteroatoms. The molecule has 1 aliphatic heterocycles. The zero-order chi connectivity index (χ0) is 16.4. The van der Waals surface area contributed by atoms with Gasteiger partial charge in [-0.1, -0.05) is 0 Å². The Labute approximate surface area is 132 Å². The third kappa shape index (κ3) is 2.66. The van der Waals surface area contributed by atoms with Crippen LogP contribution in [0.5, 0.6) is 0 Å². The van der Waals surface area contributed by atoms with Gasteiger partial charge < -0.3 is 14.4 Å². The van der Waals surface area contributed by atoms with E-state index in [-0.39, 0.29) is 5.57 Å². The number of carbonyl (C=O) groups is 2. The molecule has 1 aliphatic rings. The number of pyridine rings is 1. The van der Waals surface area contributed by atoms with Crippen molar-refractivity contribution in [1.82, 2.24) is 9.88 Å². The first-order chi connectivity index (χ1) is 11.1. The van der Waals surface area contributed by atoms with E-state index >= 15 is 0 Å². The van der Waals surface area contributed by atoms with Gasteiger partial charge in [-0.05, 0) is 42.0 Å². The minimum atomic E-state index is -0.640. The molecule has 2 aromatic rings. The molecule has 0 saturated carbocycles. The van der Waals surface area contributed by atoms with Crippen molar-refractivity contribution >= 4 is 17.8 Å². The molecule has 3 heterocycles. The molecular weight excluding hydrogens is 296 g/mol. The Bertz CT molecular complexity index is 791. The van der Waals surface area contributed by atoms with E-state index in [1.807, 2.05) is 0 Å². The molecule has 0 fully saturated rings. The smallest absolute Gasteiger partial charge is 0.289 e. The van der Waals surface area contributed by atoms with Gasteiger partial charge in [-0.3, -0.25) is 14.6 Å². The molecule has 6 nitrogen and oxygen atoms in total. The number of amides is 1. The van der Waals surface area contributed by atoms with Crippen molar-refractivity contribution < 1.29 is 19.1 Å². The molecule has 0 bridgehead atoms. The van der Waals surface area contributed by atoms with E-state index in [4.69, 9.17) is 4.42 Å². The minimum Gasteiger partial charge on any atom is -0.503 e. The summed E-state index contributed by atoms with van der Waals surface area (Å²) in [6.45, 7) is 0. The quantitative estimate of drug-likeness (QED) is 0.876. The number of aliphatic hydroxyl groups is 1. The summed E-state index contributed by atoms with van der Waals surface area (Å²) < 4.78 is 5.12. The highest BCUT2D eigenvalue weighted by molar-refractivity contribution is 6.14. The van der Waals surface area contributed by atoms with Crippen LogP contribution in [0.4, 0.5) is 0 Å². The van der Waals surface area contributed by atoms with Gasteiger partial charge in [0.15, 0.2) is 11.5 Å². The van der Waals surface area contributed by atoms with Crippen molar-refractivity contribution in [3.63, 3.8) is 0 Å². The van der Waals surface area contributed by atoms with Gasteiger partial charge in [0.05, 0.1) is 17.9 Å². The Morgan fingerprint density at radius 1 is 1.35 bits per heavy atom. The van der Waals surface area contributed by atoms with Crippen LogP contribution < -0.4 is 0 Å². The molecule has 1 amide bonds. The zero-order valence-electron chi connectivity index (χ0n) is 12.3. The predicted molar refractivity (Wildman–Crippen MR) is 82.2 cm³/mol. The summed E-state index contributed by atoms with van der Waals surface area (Å²) in [6.07, 6.45) is 7.42. The van der Waals surface area contributed by atoms with Crippen LogP contribution in [-0.2, 0) is 9.59 Å². The number of furan rings is 1. The van der Waals surface area contributed by atoms with E-state index < -0.39 is 23.5 Å². The van der Waals surface area contributed by atoms with Gasteiger partial charge in [-0.15, -0.1) is 0 Å². The third-order valence-corrected chi connectivity index (χ3v) is 3.67. The fourth-order valence-electron chi connectivity index (χ4n) is 2.54. The van der Waals surface area contributed by atoms with E-state index in [2.05, 4.69) is 4.98 Å². The van der Waals surface area contributed by atoms with Gasteiger partial charge in [0.1, 0.15) is 5.76 Å². The largest absolute Gasteiger partial charge is 0.503 e. The van der Waals surface area contributed by atoms with Crippen LogP contribution in [0.3, 0.4) is 0 Å². The lowest BCUT2D eigenvalue weighted by atomic mass is 9.97. The lowest BCUT2D eigenvalue weighted by Crippen LogP contribution is -2.26. The highest BCUT2D eigenvalue weighted by Gasteiger charge is 2.40. The van der Waals surface area contributed by atoms with Crippen LogP contribution in [0, 0.1) is 0 Å². The van der Waals surface area contributed by atoms with Crippen LogP contribution in [0.1, 0.15) is 17.4 Å². The molecule has 23 heavy (non-hydrogen) atoms. The maximum Gasteiger partial charge on any atom is 0.289 e.